The normalized spacial score (nSPS) is 18.7. The maximum absolute atomic E-state index is 11.1. The lowest BCUT2D eigenvalue weighted by Crippen LogP contribution is -2.36. The molecule has 2 aliphatic heterocycles. The first kappa shape index (κ1) is 59.3. The molecule has 0 bridgehead atoms. The summed E-state index contributed by atoms with van der Waals surface area (Å²) in [5.74, 6) is 1.88. The fourth-order valence-corrected chi connectivity index (χ4v) is 17.1. The summed E-state index contributed by atoms with van der Waals surface area (Å²) in [6.45, 7) is 23.0. The van der Waals surface area contributed by atoms with Gasteiger partial charge < -0.3 is 19.7 Å². The Morgan fingerprint density at radius 3 is 1.75 bits per heavy atom. The van der Waals surface area contributed by atoms with Crippen molar-refractivity contribution in [3.8, 4) is 61.8 Å². The van der Waals surface area contributed by atoms with Gasteiger partial charge in [0.05, 0.1) is 0 Å². The molecular formula is C92H78O4. The number of fused-ring (bicyclic) bond motifs is 18. The van der Waals surface area contributed by atoms with Crippen molar-refractivity contribution in [2.75, 3.05) is 0 Å². The molecule has 3 unspecified atom stereocenters. The molecule has 4 nitrogen and oxygen atoms in total. The molecule has 3 aliphatic carbocycles. The molecule has 0 fully saturated rings. The molecule has 0 amide bonds. The maximum Gasteiger partial charge on any atom is 0.179 e. The molecular weight excluding hydrogens is 1170 g/mol. The molecule has 12 aromatic rings. The van der Waals surface area contributed by atoms with Gasteiger partial charge in [0.1, 0.15) is 23.0 Å². The molecule has 0 aromatic heterocycles. The summed E-state index contributed by atoms with van der Waals surface area (Å²) in [7, 11) is 0. The number of rotatable bonds is 11. The third-order valence-electron chi connectivity index (χ3n) is 22.9. The number of hydrogen-bond donors (Lipinski definition) is 2. The number of aryl methyl sites for hydroxylation is 1. The Labute approximate surface area is 563 Å². The van der Waals surface area contributed by atoms with Gasteiger partial charge in [0.25, 0.3) is 0 Å². The van der Waals surface area contributed by atoms with Gasteiger partial charge in [0.2, 0.25) is 0 Å². The minimum Gasteiger partial charge on any atom is -0.508 e. The fraction of sp³-hybridized carbons (Fsp3) is 0.196. The van der Waals surface area contributed by atoms with Gasteiger partial charge in [-0.05, 0) is 261 Å². The van der Waals surface area contributed by atoms with Crippen molar-refractivity contribution >= 4 is 55.1 Å². The molecule has 0 radical (unpaired) electrons. The number of phenolic OH excluding ortho intramolecular Hbond substituents is 2. The van der Waals surface area contributed by atoms with Crippen molar-refractivity contribution in [1.29, 1.82) is 0 Å². The van der Waals surface area contributed by atoms with E-state index in [0.29, 0.717) is 5.41 Å². The van der Waals surface area contributed by atoms with Crippen LogP contribution in [-0.2, 0) is 27.8 Å². The summed E-state index contributed by atoms with van der Waals surface area (Å²) in [5.41, 5.74) is 23.8. The van der Waals surface area contributed by atoms with Gasteiger partial charge in [-0.2, -0.15) is 0 Å². The summed E-state index contributed by atoms with van der Waals surface area (Å²) >= 11 is 0. The fourth-order valence-electron chi connectivity index (χ4n) is 17.1. The summed E-state index contributed by atoms with van der Waals surface area (Å²) in [5, 5.41) is 28.7. The third-order valence-corrected chi connectivity index (χ3v) is 22.9. The van der Waals surface area contributed by atoms with Crippen LogP contribution in [0, 0.1) is 10.8 Å². The van der Waals surface area contributed by atoms with Crippen LogP contribution in [0.25, 0.3) is 99.6 Å². The van der Waals surface area contributed by atoms with Gasteiger partial charge >= 0.3 is 0 Å². The van der Waals surface area contributed by atoms with Crippen LogP contribution in [0.1, 0.15) is 148 Å². The van der Waals surface area contributed by atoms with E-state index in [2.05, 4.69) is 262 Å². The Bertz CT molecular complexity index is 5450. The Balaban J connectivity index is 0.842. The second-order valence-electron chi connectivity index (χ2n) is 29.7. The number of aromatic hydroxyl groups is 2. The zero-order valence-electron chi connectivity index (χ0n) is 56.0. The lowest BCUT2D eigenvalue weighted by atomic mass is 9.62. The molecule has 0 saturated heterocycles. The second kappa shape index (κ2) is 21.6. The molecule has 12 aromatic carbocycles. The van der Waals surface area contributed by atoms with E-state index in [1.165, 1.54) is 75.4 Å². The van der Waals surface area contributed by atoms with Gasteiger partial charge in [-0.1, -0.05) is 213 Å². The summed E-state index contributed by atoms with van der Waals surface area (Å²) in [6, 6.07) is 81.5. The van der Waals surface area contributed by atoms with E-state index >= 15 is 0 Å². The van der Waals surface area contributed by atoms with E-state index in [1.807, 2.05) is 24.3 Å². The average Bonchev–Trinajstić information content (AvgIpc) is 1.51. The van der Waals surface area contributed by atoms with Crippen molar-refractivity contribution in [3.63, 3.8) is 0 Å². The van der Waals surface area contributed by atoms with Gasteiger partial charge in [-0.15, -0.1) is 0 Å². The number of allylic oxidation sites excluding steroid dienone is 3. The largest absolute Gasteiger partial charge is 0.508 e. The number of unbranched alkanes of at least 4 members (excludes halogenated alkanes) is 1. The monoisotopic (exact) mass is 1250 g/mol. The van der Waals surface area contributed by atoms with E-state index in [0.717, 1.165) is 129 Å². The smallest absolute Gasteiger partial charge is 0.179 e. The minimum atomic E-state index is -1.05. The predicted octanol–water partition coefficient (Wildman–Crippen LogP) is 23.9. The van der Waals surface area contributed by atoms with E-state index in [4.69, 9.17) is 9.47 Å². The molecule has 0 saturated carbocycles. The van der Waals surface area contributed by atoms with Crippen LogP contribution < -0.4 is 4.74 Å². The van der Waals surface area contributed by atoms with Crippen molar-refractivity contribution < 1.29 is 19.7 Å². The Morgan fingerprint density at radius 1 is 0.448 bits per heavy atom. The highest BCUT2D eigenvalue weighted by Gasteiger charge is 2.51. The molecule has 4 heteroatoms. The first-order valence-corrected chi connectivity index (χ1v) is 34.3. The highest BCUT2D eigenvalue weighted by atomic mass is 16.5. The zero-order valence-corrected chi connectivity index (χ0v) is 56.0. The van der Waals surface area contributed by atoms with Crippen molar-refractivity contribution in [1.82, 2.24) is 0 Å². The Hall–Kier alpha value is -10.4. The second-order valence-corrected chi connectivity index (χ2v) is 29.7. The van der Waals surface area contributed by atoms with Crippen LogP contribution in [0.5, 0.6) is 17.2 Å². The van der Waals surface area contributed by atoms with E-state index in [9.17, 15) is 10.2 Å². The molecule has 2 N–H and O–H groups in total. The molecule has 96 heavy (non-hydrogen) atoms. The molecule has 2 heterocycles. The number of phenols is 2. The Kier molecular flexibility index (Phi) is 13.3. The minimum absolute atomic E-state index is 0.0329. The van der Waals surface area contributed by atoms with Gasteiger partial charge in [-0.3, -0.25) is 0 Å². The van der Waals surface area contributed by atoms with Gasteiger partial charge in [0.15, 0.2) is 11.2 Å². The lowest BCUT2D eigenvalue weighted by molar-refractivity contribution is 0.0833. The highest BCUT2D eigenvalue weighted by molar-refractivity contribution is 6.11. The molecule has 3 atom stereocenters. The van der Waals surface area contributed by atoms with Crippen molar-refractivity contribution in [3.05, 3.63) is 316 Å². The standard InChI is InChI=1S/C92H78O4/c1-10-57-46-67(93)36-39-69(57)86-55(3)95-91(80-28-16-13-25-72(80)75-48-59-33-32-58(44-66(59)52-84(75)91)60-34-38-74-71-24-12-15-27-79(71)90(9,82(74)50-60)88(4,5)6)53-77(86)62-22-20-23-63(45-62)78-54-92(96-85-41-35-64-47-68(94)37-40-70(64)87(78)85)81-29-17-14-26-73(81)76-49-65-43-56(30-31-61(65)51-83(76)92)21-18-19-42-89(7,8)11-2/h10,12-17,20,22-41,43-54,93-94H,1,11,18-19,21,42H2,2-9H3. The van der Waals surface area contributed by atoms with Crippen LogP contribution in [0.4, 0.5) is 0 Å². The van der Waals surface area contributed by atoms with Gasteiger partial charge in [-0.25, -0.2) is 0 Å². The van der Waals surface area contributed by atoms with Crippen LogP contribution in [0.2, 0.25) is 0 Å². The number of hydrogen-bond acceptors (Lipinski definition) is 4. The Morgan fingerprint density at radius 2 is 1.02 bits per heavy atom. The van der Waals surface area contributed by atoms with Crippen LogP contribution in [0.15, 0.2) is 249 Å². The zero-order chi connectivity index (χ0) is 65.8. The molecule has 17 rings (SSSR count). The quantitative estimate of drug-likeness (QED) is 0.127. The van der Waals surface area contributed by atoms with Crippen LogP contribution >= 0.6 is 0 Å². The topological polar surface area (TPSA) is 58.9 Å². The van der Waals surface area contributed by atoms with Gasteiger partial charge in [0, 0.05) is 38.8 Å². The van der Waals surface area contributed by atoms with E-state index in [1.54, 1.807) is 18.2 Å². The van der Waals surface area contributed by atoms with Crippen molar-refractivity contribution in [2.24, 2.45) is 10.8 Å². The third kappa shape index (κ3) is 8.93. The first-order valence-electron chi connectivity index (χ1n) is 34.3. The summed E-state index contributed by atoms with van der Waals surface area (Å²) in [6.07, 6.45) is 12.5. The maximum atomic E-state index is 11.1. The molecule has 5 aliphatic rings. The highest BCUT2D eigenvalue weighted by Crippen LogP contribution is 2.61. The first-order chi connectivity index (χ1) is 46.4. The summed E-state index contributed by atoms with van der Waals surface area (Å²) < 4.78 is 15.5. The molecule has 470 valence electrons. The van der Waals surface area contributed by atoms with Crippen LogP contribution in [-0.4, -0.2) is 10.2 Å². The SMILES string of the molecule is C=Cc1cc(O)ccc1C1=C(C)OC2(C=C1c1cccc(C3=CC4(Oc5ccc6cc(O)ccc6c53)c3ccccc3-c3cc5cc(CCCCC(C)(C)CC)ccc5cc34)c1)c1ccccc1-c1cc3ccc(-c4ccc5c(c4)C(C)(C(C)(C)C)c4ccccc4-5)cc3cc12. The average molecular weight is 1250 g/mol. The number of benzene rings is 12. The summed E-state index contributed by atoms with van der Waals surface area (Å²) in [4.78, 5) is 0. The lowest BCUT2D eigenvalue weighted by Gasteiger charge is -2.41. The van der Waals surface area contributed by atoms with E-state index in [-0.39, 0.29) is 22.3 Å². The van der Waals surface area contributed by atoms with E-state index < -0.39 is 11.2 Å². The predicted molar refractivity (Wildman–Crippen MR) is 398 cm³/mol. The molecule has 2 spiro atoms. The number of ether oxygens (including phenoxy) is 2. The van der Waals surface area contributed by atoms with Crippen LogP contribution in [0.3, 0.4) is 0 Å². The van der Waals surface area contributed by atoms with Crippen molar-refractivity contribution in [2.45, 2.75) is 104 Å².